The molecule has 5 aromatic carbocycles. The first kappa shape index (κ1) is 25.6. The highest BCUT2D eigenvalue weighted by atomic mass is 31.2. The summed E-state index contributed by atoms with van der Waals surface area (Å²) in [5, 5.41) is 3.50. The largest absolute Gasteiger partial charge is 0.309 e. The highest BCUT2D eigenvalue weighted by Crippen LogP contribution is 2.56. The van der Waals surface area contributed by atoms with Crippen LogP contribution < -0.4 is 15.9 Å². The molecule has 0 unspecified atom stereocenters. The van der Waals surface area contributed by atoms with Gasteiger partial charge in [0, 0.05) is 39.3 Å². The van der Waals surface area contributed by atoms with E-state index in [1.54, 1.807) is 12.4 Å². The van der Waals surface area contributed by atoms with Crippen molar-refractivity contribution in [1.29, 1.82) is 0 Å². The molecule has 7 aromatic rings. The summed E-state index contributed by atoms with van der Waals surface area (Å²) in [6.07, 6.45) is 3.58. The van der Waals surface area contributed by atoms with Gasteiger partial charge in [-0.15, -0.1) is 0 Å². The minimum absolute atomic E-state index is 0.635. The van der Waals surface area contributed by atoms with Crippen molar-refractivity contribution in [3.05, 3.63) is 186 Å². The van der Waals surface area contributed by atoms with Gasteiger partial charge >= 0.3 is 0 Å². The van der Waals surface area contributed by atoms with Gasteiger partial charge in [0.2, 0.25) is 0 Å². The number of hydrogen-bond donors (Lipinski definition) is 0. The summed E-state index contributed by atoms with van der Waals surface area (Å²) in [6, 6.07) is 51.9. The van der Waals surface area contributed by atoms with Gasteiger partial charge in [0.15, 0.2) is 7.14 Å². The van der Waals surface area contributed by atoms with Gasteiger partial charge in [0.1, 0.15) is 0 Å². The minimum Gasteiger partial charge on any atom is -0.309 e. The molecule has 0 atom stereocenters. The molecule has 0 N–H and O–H groups in total. The minimum atomic E-state index is -3.32. The molecule has 1 aliphatic rings. The second-order valence-electron chi connectivity index (χ2n) is 10.9. The standard InChI is InChI=1S/C39H27N2OP/c42-43(31-18-11-13-28(27-31)38-32-19-12-25-40-35(32)24-26-41-38)36-22-9-7-20-33(36)39(29-14-3-1-4-15-29,30-16-5-2-6-17-30)34-21-8-10-23-37(34)43/h1-27H. The molecule has 3 nitrogen and oxygen atoms in total. The molecule has 8 rings (SSSR count). The van der Waals surface area contributed by atoms with E-state index in [0.717, 1.165) is 60.3 Å². The van der Waals surface area contributed by atoms with Crippen LogP contribution in [0.3, 0.4) is 0 Å². The average molecular weight is 571 g/mol. The predicted molar refractivity (Wildman–Crippen MR) is 176 cm³/mol. The number of rotatable bonds is 4. The van der Waals surface area contributed by atoms with Crippen molar-refractivity contribution >= 4 is 34.0 Å². The molecule has 0 aliphatic carbocycles. The lowest BCUT2D eigenvalue weighted by Crippen LogP contribution is -2.46. The zero-order valence-electron chi connectivity index (χ0n) is 23.3. The van der Waals surface area contributed by atoms with Crippen molar-refractivity contribution in [2.24, 2.45) is 0 Å². The van der Waals surface area contributed by atoms with Gasteiger partial charge in [-0.2, -0.15) is 0 Å². The second kappa shape index (κ2) is 10.0. The topological polar surface area (TPSA) is 42.9 Å². The van der Waals surface area contributed by atoms with E-state index >= 15 is 4.57 Å². The van der Waals surface area contributed by atoms with Crippen LogP contribution >= 0.6 is 7.14 Å². The second-order valence-corrected chi connectivity index (χ2v) is 13.6. The van der Waals surface area contributed by atoms with E-state index in [0.29, 0.717) is 0 Å². The first-order chi connectivity index (χ1) is 21.2. The molecule has 3 heterocycles. The molecule has 0 fully saturated rings. The summed E-state index contributed by atoms with van der Waals surface area (Å²) < 4.78 is 16.0. The van der Waals surface area contributed by atoms with Gasteiger partial charge in [-0.1, -0.05) is 127 Å². The van der Waals surface area contributed by atoms with Crippen molar-refractivity contribution in [2.45, 2.75) is 5.41 Å². The van der Waals surface area contributed by atoms with Crippen LogP contribution in [0.4, 0.5) is 0 Å². The lowest BCUT2D eigenvalue weighted by atomic mass is 9.65. The Morgan fingerprint density at radius 1 is 0.512 bits per heavy atom. The summed E-state index contributed by atoms with van der Waals surface area (Å²) in [6.45, 7) is 0. The molecular weight excluding hydrogens is 543 g/mol. The molecule has 0 amide bonds. The van der Waals surface area contributed by atoms with E-state index in [-0.39, 0.29) is 0 Å². The summed E-state index contributed by atoms with van der Waals surface area (Å²) in [5.41, 5.74) is 6.39. The third kappa shape index (κ3) is 3.72. The van der Waals surface area contributed by atoms with Gasteiger partial charge in [-0.3, -0.25) is 9.97 Å². The Kier molecular flexibility index (Phi) is 5.96. The zero-order chi connectivity index (χ0) is 28.9. The lowest BCUT2D eigenvalue weighted by molar-refractivity contribution is 0.590. The highest BCUT2D eigenvalue weighted by Gasteiger charge is 2.50. The van der Waals surface area contributed by atoms with Crippen molar-refractivity contribution < 1.29 is 4.57 Å². The van der Waals surface area contributed by atoms with Crippen LogP contribution in [0.5, 0.6) is 0 Å². The third-order valence-corrected chi connectivity index (χ3v) is 11.9. The first-order valence-electron chi connectivity index (χ1n) is 14.4. The summed E-state index contributed by atoms with van der Waals surface area (Å²) in [4.78, 5) is 9.28. The summed E-state index contributed by atoms with van der Waals surface area (Å²) in [7, 11) is -3.32. The van der Waals surface area contributed by atoms with Crippen LogP contribution in [0.2, 0.25) is 0 Å². The van der Waals surface area contributed by atoms with E-state index in [9.17, 15) is 0 Å². The van der Waals surface area contributed by atoms with Crippen molar-refractivity contribution in [2.75, 3.05) is 0 Å². The Morgan fingerprint density at radius 3 is 1.77 bits per heavy atom. The zero-order valence-corrected chi connectivity index (χ0v) is 24.2. The fourth-order valence-corrected chi connectivity index (χ4v) is 10.1. The van der Waals surface area contributed by atoms with Crippen LogP contribution in [0.1, 0.15) is 22.3 Å². The molecule has 2 aromatic heterocycles. The molecule has 1 aliphatic heterocycles. The number of benzene rings is 5. The van der Waals surface area contributed by atoms with Crippen molar-refractivity contribution in [3.8, 4) is 11.3 Å². The number of fused-ring (bicyclic) bond motifs is 3. The van der Waals surface area contributed by atoms with Crippen LogP contribution in [-0.4, -0.2) is 9.97 Å². The van der Waals surface area contributed by atoms with Crippen molar-refractivity contribution in [1.82, 2.24) is 9.97 Å². The Morgan fingerprint density at radius 2 is 1.12 bits per heavy atom. The predicted octanol–water partition coefficient (Wildman–Crippen LogP) is 7.63. The van der Waals surface area contributed by atoms with E-state index in [1.165, 1.54) is 0 Å². The van der Waals surface area contributed by atoms with E-state index in [4.69, 9.17) is 4.98 Å². The molecular formula is C39H27N2OP. The number of hydrogen-bond acceptors (Lipinski definition) is 3. The summed E-state index contributed by atoms with van der Waals surface area (Å²) in [5.74, 6) is 0. The van der Waals surface area contributed by atoms with Crippen LogP contribution in [0, 0.1) is 0 Å². The highest BCUT2D eigenvalue weighted by molar-refractivity contribution is 7.85. The molecule has 0 bridgehead atoms. The van der Waals surface area contributed by atoms with Crippen LogP contribution in [0.25, 0.3) is 22.2 Å². The third-order valence-electron chi connectivity index (χ3n) is 8.72. The monoisotopic (exact) mass is 570 g/mol. The number of nitrogens with zero attached hydrogens (tertiary/aromatic N) is 2. The Balaban J connectivity index is 1.45. The molecule has 0 saturated carbocycles. The fourth-order valence-electron chi connectivity index (χ4n) is 6.93. The Labute approximate surface area is 250 Å². The summed E-state index contributed by atoms with van der Waals surface area (Å²) >= 11 is 0. The Bertz CT molecular complexity index is 2080. The Hall–Kier alpha value is -5.11. The number of pyridine rings is 2. The lowest BCUT2D eigenvalue weighted by Gasteiger charge is -2.44. The average Bonchev–Trinajstić information content (AvgIpc) is 3.09. The quantitative estimate of drug-likeness (QED) is 0.204. The maximum absolute atomic E-state index is 16.0. The van der Waals surface area contributed by atoms with E-state index in [2.05, 4.69) is 108 Å². The van der Waals surface area contributed by atoms with Gasteiger partial charge < -0.3 is 4.57 Å². The van der Waals surface area contributed by atoms with Gasteiger partial charge in [0.25, 0.3) is 0 Å². The van der Waals surface area contributed by atoms with Gasteiger partial charge in [0.05, 0.1) is 16.6 Å². The maximum Gasteiger partial charge on any atom is 0.171 e. The molecule has 0 spiro atoms. The molecule has 0 saturated heterocycles. The van der Waals surface area contributed by atoms with Crippen LogP contribution in [-0.2, 0) is 9.98 Å². The fraction of sp³-hybridized carbons (Fsp3) is 0.0256. The van der Waals surface area contributed by atoms with Crippen LogP contribution in [0.15, 0.2) is 164 Å². The smallest absolute Gasteiger partial charge is 0.171 e. The van der Waals surface area contributed by atoms with Crippen molar-refractivity contribution in [3.63, 3.8) is 0 Å². The van der Waals surface area contributed by atoms with Gasteiger partial charge in [-0.25, -0.2) is 0 Å². The van der Waals surface area contributed by atoms with Gasteiger partial charge in [-0.05, 0) is 46.5 Å². The number of aromatic nitrogens is 2. The van der Waals surface area contributed by atoms with E-state index in [1.807, 2.05) is 48.5 Å². The molecule has 204 valence electrons. The maximum atomic E-state index is 16.0. The molecule has 4 heteroatoms. The normalized spacial score (nSPS) is 14.5. The molecule has 43 heavy (non-hydrogen) atoms. The first-order valence-corrected chi connectivity index (χ1v) is 16.1. The molecule has 0 radical (unpaired) electrons. The van der Waals surface area contributed by atoms with E-state index < -0.39 is 12.6 Å². The SMILES string of the molecule is O=P1(c2cccc(-c3nccc4ncccc34)c2)c2ccccc2C(c2ccccc2)(c2ccccc2)c2ccccc21.